The standard InChI is InChI=1S/C28H31ClFN3O4S/c29-25-13-17-3-4-20(14-24(17)38-25)33-8-5-18(15-33)28(35)31-22(16-32-6-1-2-7-32)26(34)19-11-21(30)27-23(12-19)36-9-10-37-27/h3-4,11-14,18,22,26,34H,1-2,5-10,15-16H2,(H,31,35)/t18?,22-,26-/m1/s1. The molecule has 7 nitrogen and oxygen atoms in total. The van der Waals surface area contributed by atoms with Crippen molar-refractivity contribution in [2.45, 2.75) is 31.4 Å². The van der Waals surface area contributed by atoms with Crippen molar-refractivity contribution < 1.29 is 23.8 Å². The number of aliphatic hydroxyl groups excluding tert-OH is 1. The van der Waals surface area contributed by atoms with Gasteiger partial charge in [-0.15, -0.1) is 11.3 Å². The first kappa shape index (κ1) is 25.7. The molecule has 3 aliphatic rings. The predicted molar refractivity (Wildman–Crippen MR) is 147 cm³/mol. The van der Waals surface area contributed by atoms with E-state index in [1.165, 1.54) is 6.07 Å². The van der Waals surface area contributed by atoms with Crippen molar-refractivity contribution in [3.05, 3.63) is 52.1 Å². The molecule has 3 atom stereocenters. The third-order valence-electron chi connectivity index (χ3n) is 7.72. The van der Waals surface area contributed by atoms with Crippen LogP contribution in [0.5, 0.6) is 11.5 Å². The number of benzene rings is 2. The van der Waals surface area contributed by atoms with Crippen LogP contribution in [0, 0.1) is 11.7 Å². The Morgan fingerprint density at radius 2 is 1.97 bits per heavy atom. The summed E-state index contributed by atoms with van der Waals surface area (Å²) in [5, 5.41) is 15.6. The van der Waals surface area contributed by atoms with Gasteiger partial charge >= 0.3 is 0 Å². The number of rotatable bonds is 7. The molecule has 1 amide bonds. The Balaban J connectivity index is 1.17. The number of anilines is 1. The summed E-state index contributed by atoms with van der Waals surface area (Å²) in [7, 11) is 0. The molecule has 1 unspecified atom stereocenters. The van der Waals surface area contributed by atoms with Crippen molar-refractivity contribution in [1.82, 2.24) is 10.2 Å². The summed E-state index contributed by atoms with van der Waals surface area (Å²) in [4.78, 5) is 17.9. The van der Waals surface area contributed by atoms with Crippen LogP contribution in [-0.4, -0.2) is 67.9 Å². The molecule has 3 aromatic rings. The predicted octanol–water partition coefficient (Wildman–Crippen LogP) is 4.61. The number of fused-ring (bicyclic) bond motifs is 2. The molecule has 2 aromatic carbocycles. The number of nitrogens with zero attached hydrogens (tertiary/aromatic N) is 2. The Bertz CT molecular complexity index is 1330. The van der Waals surface area contributed by atoms with Crippen LogP contribution in [0.4, 0.5) is 10.1 Å². The third kappa shape index (κ3) is 5.30. The van der Waals surface area contributed by atoms with Gasteiger partial charge in [0.15, 0.2) is 17.3 Å². The maximum Gasteiger partial charge on any atom is 0.225 e. The van der Waals surface area contributed by atoms with Crippen LogP contribution in [0.25, 0.3) is 10.1 Å². The van der Waals surface area contributed by atoms with E-state index >= 15 is 0 Å². The zero-order valence-electron chi connectivity index (χ0n) is 21.0. The number of halogens is 2. The largest absolute Gasteiger partial charge is 0.486 e. The van der Waals surface area contributed by atoms with E-state index in [1.807, 2.05) is 6.07 Å². The van der Waals surface area contributed by atoms with Gasteiger partial charge in [-0.3, -0.25) is 4.79 Å². The monoisotopic (exact) mass is 559 g/mol. The second-order valence-corrected chi connectivity index (χ2v) is 12.0. The molecule has 202 valence electrons. The summed E-state index contributed by atoms with van der Waals surface area (Å²) >= 11 is 7.73. The Labute approximate surface area is 230 Å². The van der Waals surface area contributed by atoms with Gasteiger partial charge in [-0.25, -0.2) is 4.39 Å². The number of aliphatic hydroxyl groups is 1. The van der Waals surface area contributed by atoms with E-state index in [0.717, 1.165) is 59.0 Å². The van der Waals surface area contributed by atoms with Gasteiger partial charge in [-0.1, -0.05) is 17.7 Å². The van der Waals surface area contributed by atoms with Crippen LogP contribution < -0.4 is 19.7 Å². The highest BCUT2D eigenvalue weighted by Gasteiger charge is 2.34. The summed E-state index contributed by atoms with van der Waals surface area (Å²) in [5.74, 6) is -0.511. The molecule has 4 heterocycles. The van der Waals surface area contributed by atoms with Crippen molar-refractivity contribution in [3.63, 3.8) is 0 Å². The Kier molecular flexibility index (Phi) is 7.35. The second kappa shape index (κ2) is 10.9. The molecule has 2 N–H and O–H groups in total. The lowest BCUT2D eigenvalue weighted by Crippen LogP contribution is -2.48. The number of thiophene rings is 1. The van der Waals surface area contributed by atoms with Crippen LogP contribution in [0.3, 0.4) is 0 Å². The van der Waals surface area contributed by atoms with Crippen LogP contribution in [0.1, 0.15) is 30.9 Å². The van der Waals surface area contributed by atoms with E-state index in [1.54, 1.807) is 17.4 Å². The molecule has 0 bridgehead atoms. The van der Waals surface area contributed by atoms with Gasteiger partial charge in [0, 0.05) is 30.0 Å². The lowest BCUT2D eigenvalue weighted by Gasteiger charge is -2.30. The number of nitrogens with one attached hydrogen (secondary N) is 1. The zero-order valence-corrected chi connectivity index (χ0v) is 22.6. The Morgan fingerprint density at radius 1 is 1.16 bits per heavy atom. The smallest absolute Gasteiger partial charge is 0.225 e. The molecule has 2 saturated heterocycles. The molecule has 0 aliphatic carbocycles. The highest BCUT2D eigenvalue weighted by Crippen LogP contribution is 2.37. The fraction of sp³-hybridized carbons (Fsp3) is 0.464. The summed E-state index contributed by atoms with van der Waals surface area (Å²) < 4.78 is 27.6. The van der Waals surface area contributed by atoms with Crippen LogP contribution >= 0.6 is 22.9 Å². The van der Waals surface area contributed by atoms with Crippen LogP contribution in [0.2, 0.25) is 4.34 Å². The molecule has 38 heavy (non-hydrogen) atoms. The minimum atomic E-state index is -1.09. The van der Waals surface area contributed by atoms with Gasteiger partial charge in [0.1, 0.15) is 19.3 Å². The average molecular weight is 560 g/mol. The van der Waals surface area contributed by atoms with Gasteiger partial charge in [0.05, 0.1) is 16.3 Å². The van der Waals surface area contributed by atoms with Gasteiger partial charge in [-0.2, -0.15) is 0 Å². The topological polar surface area (TPSA) is 74.3 Å². The number of hydrogen-bond donors (Lipinski definition) is 2. The molecular weight excluding hydrogens is 529 g/mol. The summed E-state index contributed by atoms with van der Waals surface area (Å²) in [6.45, 7) is 4.31. The van der Waals surface area contributed by atoms with Crippen molar-refractivity contribution in [2.75, 3.05) is 50.8 Å². The second-order valence-electron chi connectivity index (χ2n) is 10.3. The first-order chi connectivity index (χ1) is 18.4. The van der Waals surface area contributed by atoms with Crippen molar-refractivity contribution in [3.8, 4) is 11.5 Å². The third-order valence-corrected chi connectivity index (χ3v) is 8.95. The number of amides is 1. The maximum atomic E-state index is 14.7. The van der Waals surface area contributed by atoms with Crippen molar-refractivity contribution in [1.29, 1.82) is 0 Å². The minimum absolute atomic E-state index is 0.0707. The van der Waals surface area contributed by atoms with Crippen LogP contribution in [0.15, 0.2) is 36.4 Å². The van der Waals surface area contributed by atoms with Crippen molar-refractivity contribution in [2.24, 2.45) is 5.92 Å². The van der Waals surface area contributed by atoms with E-state index in [9.17, 15) is 14.3 Å². The quantitative estimate of drug-likeness (QED) is 0.440. The van der Waals surface area contributed by atoms with Gasteiger partial charge < -0.3 is 29.7 Å². The lowest BCUT2D eigenvalue weighted by atomic mass is 9.99. The van der Waals surface area contributed by atoms with E-state index in [-0.39, 0.29) is 29.9 Å². The minimum Gasteiger partial charge on any atom is -0.486 e. The number of ether oxygens (including phenoxy) is 2. The highest BCUT2D eigenvalue weighted by atomic mass is 35.5. The summed E-state index contributed by atoms with van der Waals surface area (Å²) in [6.07, 6.45) is 1.81. The van der Waals surface area contributed by atoms with Gasteiger partial charge in [0.25, 0.3) is 0 Å². The van der Waals surface area contributed by atoms with E-state index < -0.39 is 18.0 Å². The molecule has 10 heteroatoms. The Morgan fingerprint density at radius 3 is 2.82 bits per heavy atom. The molecular formula is C28H31ClFN3O4S. The fourth-order valence-corrected chi connectivity index (χ4v) is 6.88. The molecule has 6 rings (SSSR count). The first-order valence-electron chi connectivity index (χ1n) is 13.2. The highest BCUT2D eigenvalue weighted by molar-refractivity contribution is 7.22. The van der Waals surface area contributed by atoms with Gasteiger partial charge in [-0.05, 0) is 73.6 Å². The number of carbonyl (C=O) groups excluding carboxylic acids is 1. The lowest BCUT2D eigenvalue weighted by molar-refractivity contribution is -0.126. The molecule has 1 aromatic heterocycles. The number of hydrogen-bond acceptors (Lipinski definition) is 7. The molecule has 3 aliphatic heterocycles. The van der Waals surface area contributed by atoms with E-state index in [0.29, 0.717) is 25.3 Å². The van der Waals surface area contributed by atoms with Gasteiger partial charge in [0.2, 0.25) is 5.91 Å². The number of carbonyl (C=O) groups is 1. The normalized spacial score (nSPS) is 21.1. The Hall–Kier alpha value is -2.59. The van der Waals surface area contributed by atoms with Crippen LogP contribution in [-0.2, 0) is 4.79 Å². The summed E-state index contributed by atoms with van der Waals surface area (Å²) in [6, 6.07) is 10.5. The SMILES string of the molecule is O=C(N[C@H](CN1CCCC1)[C@H](O)c1cc(F)c2c(c1)OCCO2)C1CCN(c2ccc3cc(Cl)sc3c2)C1. The molecule has 0 saturated carbocycles. The van der Waals surface area contributed by atoms with Crippen molar-refractivity contribution >= 4 is 44.6 Å². The maximum absolute atomic E-state index is 14.7. The fourth-order valence-electron chi connectivity index (χ4n) is 5.70. The van der Waals surface area contributed by atoms with E-state index in [4.69, 9.17) is 21.1 Å². The molecule has 0 radical (unpaired) electrons. The molecule has 2 fully saturated rings. The zero-order chi connectivity index (χ0) is 26.2. The average Bonchev–Trinajstić information content (AvgIpc) is 3.68. The first-order valence-corrected chi connectivity index (χ1v) is 14.4. The number of likely N-dealkylation sites (tertiary alicyclic amines) is 1. The molecule has 0 spiro atoms. The van der Waals surface area contributed by atoms with E-state index in [2.05, 4.69) is 33.3 Å². The summed E-state index contributed by atoms with van der Waals surface area (Å²) in [5.41, 5.74) is 1.44.